The largest absolute Gasteiger partial charge is 0.416 e. The Labute approximate surface area is 374 Å². The highest BCUT2D eigenvalue weighted by molar-refractivity contribution is 6.13. The quantitative estimate of drug-likeness (QED) is 0.168. The van der Waals surface area contributed by atoms with Crippen LogP contribution in [0.2, 0.25) is 0 Å². The first-order valence-corrected chi connectivity index (χ1v) is 20.2. The molecule has 0 N–H and O–H groups in total. The van der Waals surface area contributed by atoms with Gasteiger partial charge in [-0.1, -0.05) is 72.8 Å². The lowest BCUT2D eigenvalue weighted by atomic mass is 9.94. The Kier molecular flexibility index (Phi) is 9.41. The summed E-state index contributed by atoms with van der Waals surface area (Å²) in [5.41, 5.74) is 6.45. The second kappa shape index (κ2) is 15.5. The smallest absolute Gasteiger partial charge is 0.307 e. The van der Waals surface area contributed by atoms with Gasteiger partial charge in [0.15, 0.2) is 0 Å². The SMILES string of the molecule is N#Cc1cc(-c2cc(-n3c4ccccc4c4ccc(-c5ccc(C#N)cc5C#N)cc43)c(-n3c4ccccc4c4ccc(-c5ccc(C#N)cc5C#N)cc43)cc2C#N)cc(C(F)(F)F)c1. The molecule has 0 saturated heterocycles. The maximum absolute atomic E-state index is 14.4. The highest BCUT2D eigenvalue weighted by atomic mass is 19.4. The van der Waals surface area contributed by atoms with Crippen molar-refractivity contribution in [3.8, 4) is 81.2 Å². The first-order valence-electron chi connectivity index (χ1n) is 20.2. The minimum Gasteiger partial charge on any atom is -0.307 e. The van der Waals surface area contributed by atoms with Gasteiger partial charge in [0.25, 0.3) is 0 Å². The summed E-state index contributed by atoms with van der Waals surface area (Å²) in [6, 6.07) is 55.8. The van der Waals surface area contributed by atoms with Crippen LogP contribution >= 0.6 is 0 Å². The average molecular weight is 855 g/mol. The van der Waals surface area contributed by atoms with Gasteiger partial charge in [0.1, 0.15) is 0 Å². The molecule has 0 aliphatic rings. The van der Waals surface area contributed by atoms with Crippen molar-refractivity contribution in [2.75, 3.05) is 0 Å². The first-order chi connectivity index (χ1) is 32.1. The maximum atomic E-state index is 14.4. The zero-order chi connectivity index (χ0) is 45.9. The molecule has 0 atom stereocenters. The van der Waals surface area contributed by atoms with Crippen molar-refractivity contribution >= 4 is 43.6 Å². The second-order valence-electron chi connectivity index (χ2n) is 15.5. The third-order valence-corrected chi connectivity index (χ3v) is 11.9. The number of halogens is 3. The fourth-order valence-corrected chi connectivity index (χ4v) is 8.99. The van der Waals surface area contributed by atoms with Crippen molar-refractivity contribution in [1.29, 1.82) is 31.6 Å². The number of benzene rings is 8. The Morgan fingerprint density at radius 2 is 0.803 bits per heavy atom. The molecule has 0 bridgehead atoms. The summed E-state index contributed by atoms with van der Waals surface area (Å²) in [5.74, 6) is 0. The van der Waals surface area contributed by atoms with Crippen LogP contribution in [0.15, 0.2) is 152 Å². The summed E-state index contributed by atoms with van der Waals surface area (Å²) in [6.45, 7) is 0. The van der Waals surface area contributed by atoms with Crippen LogP contribution in [0.25, 0.3) is 88.4 Å². The Morgan fingerprint density at radius 3 is 1.27 bits per heavy atom. The number of aromatic nitrogens is 2. The third-order valence-electron chi connectivity index (χ3n) is 11.9. The van der Waals surface area contributed by atoms with Gasteiger partial charge in [0.2, 0.25) is 0 Å². The number of nitriles is 6. The molecule has 8 aromatic carbocycles. The molecular formula is C55H25F3N8. The Hall–Kier alpha value is -9.91. The molecule has 0 aliphatic heterocycles. The summed E-state index contributed by atoms with van der Waals surface area (Å²) >= 11 is 0. The lowest BCUT2D eigenvalue weighted by Gasteiger charge is -2.20. The van der Waals surface area contributed by atoms with Crippen molar-refractivity contribution in [3.05, 3.63) is 191 Å². The van der Waals surface area contributed by atoms with E-state index in [1.165, 1.54) is 18.2 Å². The van der Waals surface area contributed by atoms with E-state index in [2.05, 4.69) is 30.3 Å². The minimum atomic E-state index is -4.80. The van der Waals surface area contributed by atoms with E-state index in [9.17, 15) is 44.7 Å². The molecule has 0 fully saturated rings. The Balaban J connectivity index is 1.36. The van der Waals surface area contributed by atoms with Crippen LogP contribution in [0.3, 0.4) is 0 Å². The summed E-state index contributed by atoms with van der Waals surface area (Å²) < 4.78 is 47.3. The van der Waals surface area contributed by atoms with E-state index in [-0.39, 0.29) is 27.8 Å². The van der Waals surface area contributed by atoms with Gasteiger partial charge in [0, 0.05) is 27.1 Å². The monoisotopic (exact) mass is 854 g/mol. The van der Waals surface area contributed by atoms with Gasteiger partial charge in [-0.2, -0.15) is 44.7 Å². The average Bonchev–Trinajstić information content (AvgIpc) is 3.86. The molecule has 10 rings (SSSR count). The number of nitrogens with zero attached hydrogens (tertiary/aromatic N) is 8. The first kappa shape index (κ1) is 40.2. The topological polar surface area (TPSA) is 153 Å². The van der Waals surface area contributed by atoms with Gasteiger partial charge < -0.3 is 9.13 Å². The third kappa shape index (κ3) is 6.42. The van der Waals surface area contributed by atoms with Gasteiger partial charge in [-0.25, -0.2) is 0 Å². The highest BCUT2D eigenvalue weighted by Crippen LogP contribution is 2.44. The summed E-state index contributed by atoms with van der Waals surface area (Å²) in [6.07, 6.45) is -4.80. The number of para-hydroxylation sites is 2. The molecule has 8 nitrogen and oxygen atoms in total. The summed E-state index contributed by atoms with van der Waals surface area (Å²) in [5, 5.41) is 63.8. The Morgan fingerprint density at radius 1 is 0.348 bits per heavy atom. The van der Waals surface area contributed by atoms with Crippen molar-refractivity contribution < 1.29 is 13.2 Å². The molecule has 2 heterocycles. The van der Waals surface area contributed by atoms with Crippen LogP contribution in [-0.4, -0.2) is 9.13 Å². The molecule has 0 amide bonds. The van der Waals surface area contributed by atoms with Crippen molar-refractivity contribution in [1.82, 2.24) is 9.13 Å². The zero-order valence-corrected chi connectivity index (χ0v) is 34.1. The lowest BCUT2D eigenvalue weighted by Crippen LogP contribution is -2.07. The van der Waals surface area contributed by atoms with Crippen molar-refractivity contribution in [2.24, 2.45) is 0 Å². The van der Waals surface area contributed by atoms with Crippen molar-refractivity contribution in [3.63, 3.8) is 0 Å². The molecule has 2 aromatic heterocycles. The molecule has 0 spiro atoms. The van der Waals surface area contributed by atoms with E-state index in [1.807, 2.05) is 100 Å². The Bertz CT molecular complexity index is 4020. The number of hydrogen-bond acceptors (Lipinski definition) is 6. The van der Waals surface area contributed by atoms with E-state index in [1.54, 1.807) is 36.4 Å². The zero-order valence-electron chi connectivity index (χ0n) is 34.1. The van der Waals surface area contributed by atoms with E-state index in [0.717, 1.165) is 44.7 Å². The molecule has 0 unspecified atom stereocenters. The standard InChI is InChI=1S/C55H25F3N8/c56-55(57,58)41-20-34(28-61)19-37(21-41)48-25-54(66-50-8-4-2-6-45(50)47-16-12-36(23-52(47)66)43-14-10-33(27-60)18-39(43)30-63)53(24-40(48)31-64)65-49-7-3-1-5-44(49)46-15-11-35(22-51(46)65)42-13-9-32(26-59)17-38(42)29-62/h1-25H. The lowest BCUT2D eigenvalue weighted by molar-refractivity contribution is -0.137. The predicted molar refractivity (Wildman–Crippen MR) is 245 cm³/mol. The van der Waals surface area contributed by atoms with Crippen LogP contribution in [0, 0.1) is 68.0 Å². The summed E-state index contributed by atoms with van der Waals surface area (Å²) in [4.78, 5) is 0. The molecule has 306 valence electrons. The van der Waals surface area contributed by atoms with Gasteiger partial charge in [-0.05, 0) is 107 Å². The van der Waals surface area contributed by atoms with Crippen LogP contribution in [0.5, 0.6) is 0 Å². The van der Waals surface area contributed by atoms with Crippen molar-refractivity contribution in [2.45, 2.75) is 6.18 Å². The molecule has 0 radical (unpaired) electrons. The summed E-state index contributed by atoms with van der Waals surface area (Å²) in [7, 11) is 0. The minimum absolute atomic E-state index is 0.0118. The number of alkyl halides is 3. The number of fused-ring (bicyclic) bond motifs is 6. The highest BCUT2D eigenvalue weighted by Gasteiger charge is 2.32. The molecule has 0 saturated carbocycles. The number of hydrogen-bond donors (Lipinski definition) is 0. The fourth-order valence-electron chi connectivity index (χ4n) is 8.99. The molecule has 10 aromatic rings. The maximum Gasteiger partial charge on any atom is 0.416 e. The van der Waals surface area contributed by atoms with E-state index < -0.39 is 11.7 Å². The van der Waals surface area contributed by atoms with E-state index >= 15 is 0 Å². The van der Waals surface area contributed by atoms with Crippen LogP contribution in [-0.2, 0) is 6.18 Å². The van der Waals surface area contributed by atoms with E-state index in [4.69, 9.17) is 0 Å². The van der Waals surface area contributed by atoms with Gasteiger partial charge in [-0.3, -0.25) is 0 Å². The second-order valence-corrected chi connectivity index (χ2v) is 15.5. The van der Waals surface area contributed by atoms with Gasteiger partial charge in [0.05, 0.1) is 109 Å². The number of rotatable bonds is 5. The molecule has 11 heteroatoms. The van der Waals surface area contributed by atoms with Crippen LogP contribution in [0.4, 0.5) is 13.2 Å². The van der Waals surface area contributed by atoms with E-state index in [0.29, 0.717) is 61.4 Å². The fraction of sp³-hybridized carbons (Fsp3) is 0.0182. The van der Waals surface area contributed by atoms with Gasteiger partial charge in [-0.15, -0.1) is 0 Å². The molecular weight excluding hydrogens is 830 g/mol. The normalized spacial score (nSPS) is 11.2. The molecule has 66 heavy (non-hydrogen) atoms. The van der Waals surface area contributed by atoms with Crippen LogP contribution in [0.1, 0.15) is 38.9 Å². The predicted octanol–water partition coefficient (Wildman–Crippen LogP) is 13.1. The van der Waals surface area contributed by atoms with Crippen LogP contribution < -0.4 is 0 Å². The molecule has 0 aliphatic carbocycles. The van der Waals surface area contributed by atoms with Gasteiger partial charge >= 0.3 is 6.18 Å².